The summed E-state index contributed by atoms with van der Waals surface area (Å²) in [6.45, 7) is 2.42. The Bertz CT molecular complexity index is 972. The van der Waals surface area contributed by atoms with Crippen LogP contribution in [-0.4, -0.2) is 23.5 Å². The molecule has 0 unspecified atom stereocenters. The van der Waals surface area contributed by atoms with Gasteiger partial charge in [-0.1, -0.05) is 30.3 Å². The van der Waals surface area contributed by atoms with Crippen LogP contribution in [0.3, 0.4) is 0 Å². The molecule has 0 saturated heterocycles. The summed E-state index contributed by atoms with van der Waals surface area (Å²) >= 11 is 5.21. The van der Waals surface area contributed by atoms with E-state index < -0.39 is 5.91 Å². The quantitative estimate of drug-likeness (QED) is 0.639. The predicted molar refractivity (Wildman–Crippen MR) is 113 cm³/mol. The van der Waals surface area contributed by atoms with Crippen molar-refractivity contribution in [2.24, 2.45) is 0 Å². The van der Waals surface area contributed by atoms with E-state index in [0.29, 0.717) is 17.8 Å². The highest BCUT2D eigenvalue weighted by molar-refractivity contribution is 7.80. The minimum atomic E-state index is -0.467. The van der Waals surface area contributed by atoms with Gasteiger partial charge in [-0.25, -0.2) is 0 Å². The number of nitrogens with one attached hydrogen (secondary N) is 2. The van der Waals surface area contributed by atoms with Gasteiger partial charge in [0.05, 0.1) is 17.5 Å². The highest BCUT2D eigenvalue weighted by Crippen LogP contribution is 2.21. The molecule has 0 spiro atoms. The molecule has 2 aromatic carbocycles. The third-order valence-electron chi connectivity index (χ3n) is 4.01. The highest BCUT2D eigenvalue weighted by Gasteiger charge is 2.20. The predicted octanol–water partition coefficient (Wildman–Crippen LogP) is 4.07. The zero-order chi connectivity index (χ0) is 19.9. The van der Waals surface area contributed by atoms with E-state index in [1.54, 1.807) is 35.2 Å². The molecule has 28 heavy (non-hydrogen) atoms. The standard InChI is InChI=1S/C21H19N3O3S/c1-2-24(15-9-4-3-5-10-15)20(26)16-11-6-7-12-17(16)22-21(28)23-19(25)18-13-8-14-27-18/h3-14H,2H2,1H3,(H2,22,23,25,28). The molecule has 6 nitrogen and oxygen atoms in total. The van der Waals surface area contributed by atoms with Gasteiger partial charge in [0, 0.05) is 12.2 Å². The van der Waals surface area contributed by atoms with Crippen molar-refractivity contribution in [1.82, 2.24) is 5.32 Å². The van der Waals surface area contributed by atoms with Crippen LogP contribution in [0.4, 0.5) is 11.4 Å². The first-order chi connectivity index (χ1) is 13.6. The summed E-state index contributed by atoms with van der Waals surface area (Å²) in [4.78, 5) is 26.9. The molecule has 0 fully saturated rings. The lowest BCUT2D eigenvalue weighted by Gasteiger charge is -2.22. The molecule has 3 aromatic rings. The smallest absolute Gasteiger partial charge is 0.293 e. The van der Waals surface area contributed by atoms with Gasteiger partial charge in [0.2, 0.25) is 0 Å². The maximum atomic E-state index is 13.1. The van der Waals surface area contributed by atoms with Crippen LogP contribution in [0.5, 0.6) is 0 Å². The lowest BCUT2D eigenvalue weighted by molar-refractivity contribution is 0.0949. The van der Waals surface area contributed by atoms with Crippen molar-refractivity contribution in [2.45, 2.75) is 6.92 Å². The van der Waals surface area contributed by atoms with Crippen LogP contribution in [0.25, 0.3) is 0 Å². The largest absolute Gasteiger partial charge is 0.459 e. The molecule has 0 bridgehead atoms. The van der Waals surface area contributed by atoms with Crippen molar-refractivity contribution in [2.75, 3.05) is 16.8 Å². The van der Waals surface area contributed by atoms with Crippen molar-refractivity contribution in [1.29, 1.82) is 0 Å². The first-order valence-corrected chi connectivity index (χ1v) is 9.12. The van der Waals surface area contributed by atoms with Crippen LogP contribution in [0.2, 0.25) is 0 Å². The molecular weight excluding hydrogens is 374 g/mol. The zero-order valence-corrected chi connectivity index (χ0v) is 16.0. The van der Waals surface area contributed by atoms with Crippen LogP contribution in [-0.2, 0) is 0 Å². The van der Waals surface area contributed by atoms with Crippen LogP contribution >= 0.6 is 12.2 Å². The van der Waals surface area contributed by atoms with Crippen molar-refractivity contribution in [3.8, 4) is 0 Å². The molecule has 3 rings (SSSR count). The van der Waals surface area contributed by atoms with Gasteiger partial charge in [0.15, 0.2) is 10.9 Å². The summed E-state index contributed by atoms with van der Waals surface area (Å²) in [7, 11) is 0. The number of hydrogen-bond acceptors (Lipinski definition) is 4. The molecule has 0 aliphatic rings. The average Bonchev–Trinajstić information content (AvgIpc) is 3.25. The monoisotopic (exact) mass is 393 g/mol. The first kappa shape index (κ1) is 19.3. The Hall–Kier alpha value is -3.45. The Labute approximate surface area is 168 Å². The molecule has 0 aliphatic heterocycles. The Kier molecular flexibility index (Phi) is 6.18. The van der Waals surface area contributed by atoms with E-state index in [9.17, 15) is 9.59 Å². The number of thiocarbonyl (C=S) groups is 1. The van der Waals surface area contributed by atoms with E-state index in [1.165, 1.54) is 12.3 Å². The Balaban J connectivity index is 1.78. The third kappa shape index (κ3) is 4.44. The van der Waals surface area contributed by atoms with Crippen LogP contribution in [0.1, 0.15) is 27.8 Å². The number of nitrogens with zero attached hydrogens (tertiary/aromatic N) is 1. The van der Waals surface area contributed by atoms with Gasteiger partial charge >= 0.3 is 0 Å². The SMILES string of the molecule is CCN(C(=O)c1ccccc1NC(=S)NC(=O)c1ccco1)c1ccccc1. The number of furan rings is 1. The van der Waals surface area contributed by atoms with Gasteiger partial charge < -0.3 is 14.6 Å². The number of hydrogen-bond donors (Lipinski definition) is 2. The summed E-state index contributed by atoms with van der Waals surface area (Å²) in [5.74, 6) is -0.488. The normalized spacial score (nSPS) is 10.2. The summed E-state index contributed by atoms with van der Waals surface area (Å²) < 4.78 is 5.04. The molecule has 1 heterocycles. The summed E-state index contributed by atoms with van der Waals surface area (Å²) in [5.41, 5.74) is 1.76. The maximum Gasteiger partial charge on any atom is 0.293 e. The molecule has 142 valence electrons. The molecule has 2 amide bonds. The Morgan fingerprint density at radius 3 is 2.39 bits per heavy atom. The molecule has 0 radical (unpaired) electrons. The average molecular weight is 393 g/mol. The number of rotatable bonds is 5. The van der Waals surface area contributed by atoms with Gasteiger partial charge in [-0.3, -0.25) is 14.9 Å². The number of amides is 2. The Morgan fingerprint density at radius 1 is 1.00 bits per heavy atom. The van der Waals surface area contributed by atoms with Crippen molar-refractivity contribution in [3.05, 3.63) is 84.3 Å². The second kappa shape index (κ2) is 8.96. The second-order valence-electron chi connectivity index (χ2n) is 5.82. The van der Waals surface area contributed by atoms with Crippen LogP contribution in [0.15, 0.2) is 77.4 Å². The molecule has 2 N–H and O–H groups in total. The minimum Gasteiger partial charge on any atom is -0.459 e. The molecule has 1 aromatic heterocycles. The number of para-hydroxylation sites is 2. The number of carbonyl (C=O) groups is 2. The lowest BCUT2D eigenvalue weighted by atomic mass is 10.1. The second-order valence-corrected chi connectivity index (χ2v) is 6.22. The Morgan fingerprint density at radius 2 is 1.71 bits per heavy atom. The molecular formula is C21H19N3O3S. The van der Waals surface area contributed by atoms with Gasteiger partial charge in [0.1, 0.15) is 0 Å². The molecule has 0 atom stereocenters. The van der Waals surface area contributed by atoms with Crippen LogP contribution < -0.4 is 15.5 Å². The third-order valence-corrected chi connectivity index (χ3v) is 4.21. The zero-order valence-electron chi connectivity index (χ0n) is 15.2. The van der Waals surface area contributed by atoms with E-state index in [-0.39, 0.29) is 16.8 Å². The van der Waals surface area contributed by atoms with Gasteiger partial charge in [-0.2, -0.15) is 0 Å². The van der Waals surface area contributed by atoms with E-state index in [4.69, 9.17) is 16.6 Å². The first-order valence-electron chi connectivity index (χ1n) is 8.72. The van der Waals surface area contributed by atoms with Crippen LogP contribution in [0, 0.1) is 0 Å². The fraction of sp³-hybridized carbons (Fsp3) is 0.0952. The summed E-state index contributed by atoms with van der Waals surface area (Å²) in [6.07, 6.45) is 1.41. The van der Waals surface area contributed by atoms with Gasteiger partial charge in [-0.15, -0.1) is 0 Å². The van der Waals surface area contributed by atoms with E-state index in [2.05, 4.69) is 10.6 Å². The maximum absolute atomic E-state index is 13.1. The van der Waals surface area contributed by atoms with E-state index in [1.807, 2.05) is 37.3 Å². The lowest BCUT2D eigenvalue weighted by Crippen LogP contribution is -2.35. The van der Waals surface area contributed by atoms with E-state index >= 15 is 0 Å². The fourth-order valence-corrected chi connectivity index (χ4v) is 2.90. The van der Waals surface area contributed by atoms with Crippen molar-refractivity contribution < 1.29 is 14.0 Å². The fourth-order valence-electron chi connectivity index (χ4n) is 2.70. The summed E-state index contributed by atoms with van der Waals surface area (Å²) in [6, 6.07) is 19.6. The molecule has 0 saturated carbocycles. The van der Waals surface area contributed by atoms with Gasteiger partial charge in [-0.05, 0) is 55.5 Å². The number of anilines is 2. The molecule has 7 heteroatoms. The topological polar surface area (TPSA) is 74.6 Å². The summed E-state index contributed by atoms with van der Waals surface area (Å²) in [5, 5.41) is 5.53. The van der Waals surface area contributed by atoms with Gasteiger partial charge in [0.25, 0.3) is 11.8 Å². The van der Waals surface area contributed by atoms with E-state index in [0.717, 1.165) is 5.69 Å². The van der Waals surface area contributed by atoms with Crippen molar-refractivity contribution >= 4 is 40.5 Å². The minimum absolute atomic E-state index is 0.0735. The number of carbonyl (C=O) groups excluding carboxylic acids is 2. The highest BCUT2D eigenvalue weighted by atomic mass is 32.1. The van der Waals surface area contributed by atoms with Crippen molar-refractivity contribution in [3.63, 3.8) is 0 Å². The molecule has 0 aliphatic carbocycles. The number of benzene rings is 2.